The average Bonchev–Trinajstić information content (AvgIpc) is 2.37. The molecule has 1 aliphatic heterocycles. The molecule has 3 atom stereocenters. The summed E-state index contributed by atoms with van der Waals surface area (Å²) in [7, 11) is 0. The molecule has 0 aromatic carbocycles. The number of likely N-dealkylation sites (tertiary alicyclic amines) is 1. The number of carboxylic acids is 1. The van der Waals surface area contributed by atoms with Gasteiger partial charge < -0.3 is 5.11 Å². The first-order valence-corrected chi connectivity index (χ1v) is 8.75. The maximum atomic E-state index is 11.9. The molecule has 0 aromatic heterocycles. The monoisotopic (exact) mass is 295 g/mol. The van der Waals surface area contributed by atoms with E-state index in [1.807, 2.05) is 0 Å². The van der Waals surface area contributed by atoms with Gasteiger partial charge in [-0.1, -0.05) is 34.1 Å². The summed E-state index contributed by atoms with van der Waals surface area (Å²) in [6, 6.07) is 0.583. The molecule has 2 aliphatic rings. The molecule has 122 valence electrons. The molecular formula is C18H33NO2. The summed E-state index contributed by atoms with van der Waals surface area (Å²) in [6.07, 6.45) is 7.45. The topological polar surface area (TPSA) is 40.5 Å². The molecule has 3 heteroatoms. The summed E-state index contributed by atoms with van der Waals surface area (Å²) >= 11 is 0. The molecule has 0 bridgehead atoms. The zero-order valence-corrected chi connectivity index (χ0v) is 14.3. The highest BCUT2D eigenvalue weighted by Crippen LogP contribution is 2.43. The molecule has 1 heterocycles. The van der Waals surface area contributed by atoms with Crippen molar-refractivity contribution in [1.29, 1.82) is 0 Å². The minimum absolute atomic E-state index is 0.399. The number of rotatable bonds is 4. The van der Waals surface area contributed by atoms with Crippen LogP contribution in [0.1, 0.15) is 72.6 Å². The predicted octanol–water partition coefficient (Wildman–Crippen LogP) is 4.17. The number of aliphatic carboxylic acids is 1. The Morgan fingerprint density at radius 1 is 1.33 bits per heavy atom. The standard InChI is InChI=1S/C18H33NO2/c1-5-7-18(16(20)21)8-6-9-19(13-18)15-10-14(2)11-17(3,4)12-15/h14-15H,5-13H2,1-4H3,(H,20,21). The fourth-order valence-corrected chi connectivity index (χ4v) is 5.02. The van der Waals surface area contributed by atoms with Crippen LogP contribution in [0.3, 0.4) is 0 Å². The van der Waals surface area contributed by atoms with E-state index in [1.165, 1.54) is 19.3 Å². The Morgan fingerprint density at radius 3 is 2.62 bits per heavy atom. The second kappa shape index (κ2) is 6.28. The SMILES string of the molecule is CCCC1(C(=O)O)CCCN(C2CC(C)CC(C)(C)C2)C1. The number of hydrogen-bond acceptors (Lipinski definition) is 2. The smallest absolute Gasteiger partial charge is 0.310 e. The molecule has 21 heavy (non-hydrogen) atoms. The molecule has 1 saturated carbocycles. The third-order valence-corrected chi connectivity index (χ3v) is 5.67. The van der Waals surface area contributed by atoms with Crippen molar-refractivity contribution >= 4 is 5.97 Å². The fraction of sp³-hybridized carbons (Fsp3) is 0.944. The van der Waals surface area contributed by atoms with Crippen LogP contribution in [0.5, 0.6) is 0 Å². The van der Waals surface area contributed by atoms with Gasteiger partial charge in [-0.3, -0.25) is 9.69 Å². The second-order valence-corrected chi connectivity index (χ2v) is 8.48. The number of nitrogens with zero attached hydrogens (tertiary/aromatic N) is 1. The molecule has 3 unspecified atom stereocenters. The van der Waals surface area contributed by atoms with Crippen molar-refractivity contribution in [1.82, 2.24) is 4.90 Å². The van der Waals surface area contributed by atoms with E-state index in [9.17, 15) is 9.90 Å². The summed E-state index contributed by atoms with van der Waals surface area (Å²) in [5, 5.41) is 9.76. The summed E-state index contributed by atoms with van der Waals surface area (Å²) in [5.41, 5.74) is -0.0890. The van der Waals surface area contributed by atoms with Crippen LogP contribution in [0.2, 0.25) is 0 Å². The van der Waals surface area contributed by atoms with E-state index in [2.05, 4.69) is 32.6 Å². The molecule has 0 aromatic rings. The van der Waals surface area contributed by atoms with Gasteiger partial charge in [0, 0.05) is 12.6 Å². The van der Waals surface area contributed by atoms with Gasteiger partial charge in [0.2, 0.25) is 0 Å². The van der Waals surface area contributed by atoms with Crippen molar-refractivity contribution in [3.05, 3.63) is 0 Å². The van der Waals surface area contributed by atoms with Gasteiger partial charge in [0.15, 0.2) is 0 Å². The van der Waals surface area contributed by atoms with Crippen LogP contribution < -0.4 is 0 Å². The third-order valence-electron chi connectivity index (χ3n) is 5.67. The molecule has 0 amide bonds. The highest BCUT2D eigenvalue weighted by Gasteiger charge is 2.44. The zero-order chi connectivity index (χ0) is 15.7. The van der Waals surface area contributed by atoms with Crippen LogP contribution in [0.4, 0.5) is 0 Å². The van der Waals surface area contributed by atoms with E-state index in [4.69, 9.17) is 0 Å². The van der Waals surface area contributed by atoms with E-state index in [1.54, 1.807) is 0 Å². The van der Waals surface area contributed by atoms with E-state index >= 15 is 0 Å². The highest BCUT2D eigenvalue weighted by molar-refractivity contribution is 5.75. The lowest BCUT2D eigenvalue weighted by atomic mass is 9.69. The Bertz CT molecular complexity index is 375. The Kier molecular flexibility index (Phi) is 5.02. The lowest BCUT2D eigenvalue weighted by Gasteiger charge is -2.48. The number of piperidine rings is 1. The van der Waals surface area contributed by atoms with Crippen molar-refractivity contribution in [3.63, 3.8) is 0 Å². The summed E-state index contributed by atoms with van der Waals surface area (Å²) < 4.78 is 0. The fourth-order valence-electron chi connectivity index (χ4n) is 5.02. The van der Waals surface area contributed by atoms with Crippen LogP contribution in [0.25, 0.3) is 0 Å². The number of carbonyl (C=O) groups is 1. The van der Waals surface area contributed by atoms with Crippen molar-refractivity contribution in [3.8, 4) is 0 Å². The lowest BCUT2D eigenvalue weighted by molar-refractivity contribution is -0.154. The van der Waals surface area contributed by atoms with Crippen LogP contribution >= 0.6 is 0 Å². The van der Waals surface area contributed by atoms with Crippen molar-refractivity contribution in [2.75, 3.05) is 13.1 Å². The van der Waals surface area contributed by atoms with Gasteiger partial charge in [-0.05, 0) is 56.4 Å². The highest BCUT2D eigenvalue weighted by atomic mass is 16.4. The molecule has 1 aliphatic carbocycles. The van der Waals surface area contributed by atoms with Gasteiger partial charge in [-0.25, -0.2) is 0 Å². The maximum absolute atomic E-state index is 11.9. The Labute approximate surface area is 130 Å². The third kappa shape index (κ3) is 3.80. The predicted molar refractivity (Wildman–Crippen MR) is 86.4 cm³/mol. The summed E-state index contributed by atoms with van der Waals surface area (Å²) in [5.74, 6) is 0.184. The first kappa shape index (κ1) is 16.8. The minimum Gasteiger partial charge on any atom is -0.481 e. The van der Waals surface area contributed by atoms with Crippen molar-refractivity contribution in [2.45, 2.75) is 78.7 Å². The Hall–Kier alpha value is -0.570. The van der Waals surface area contributed by atoms with Gasteiger partial charge in [0.1, 0.15) is 0 Å². The quantitative estimate of drug-likeness (QED) is 0.846. The molecule has 3 nitrogen and oxygen atoms in total. The molecule has 2 fully saturated rings. The van der Waals surface area contributed by atoms with Crippen molar-refractivity contribution < 1.29 is 9.90 Å². The normalized spacial score (nSPS) is 37.3. The minimum atomic E-state index is -0.572. The molecule has 0 radical (unpaired) electrons. The van der Waals surface area contributed by atoms with Crippen LogP contribution in [-0.2, 0) is 4.79 Å². The maximum Gasteiger partial charge on any atom is 0.310 e. The van der Waals surface area contributed by atoms with Crippen LogP contribution in [0.15, 0.2) is 0 Å². The van der Waals surface area contributed by atoms with E-state index in [0.29, 0.717) is 11.5 Å². The Morgan fingerprint density at radius 2 is 2.05 bits per heavy atom. The van der Waals surface area contributed by atoms with E-state index < -0.39 is 11.4 Å². The molecule has 1 N–H and O–H groups in total. The van der Waals surface area contributed by atoms with Gasteiger partial charge >= 0.3 is 5.97 Å². The number of carboxylic acid groups (broad SMARTS) is 1. The second-order valence-electron chi connectivity index (χ2n) is 8.48. The molecule has 0 spiro atoms. The van der Waals surface area contributed by atoms with Gasteiger partial charge in [0.05, 0.1) is 5.41 Å². The Balaban J connectivity index is 2.11. The first-order valence-electron chi connectivity index (χ1n) is 8.75. The average molecular weight is 295 g/mol. The largest absolute Gasteiger partial charge is 0.481 e. The first-order chi connectivity index (χ1) is 9.78. The number of hydrogen-bond donors (Lipinski definition) is 1. The van der Waals surface area contributed by atoms with Crippen molar-refractivity contribution in [2.24, 2.45) is 16.7 Å². The van der Waals surface area contributed by atoms with Crippen LogP contribution in [0, 0.1) is 16.7 Å². The molecule has 1 saturated heterocycles. The van der Waals surface area contributed by atoms with Crippen LogP contribution in [-0.4, -0.2) is 35.1 Å². The van der Waals surface area contributed by atoms with Gasteiger partial charge in [-0.2, -0.15) is 0 Å². The van der Waals surface area contributed by atoms with Gasteiger partial charge in [0.25, 0.3) is 0 Å². The van der Waals surface area contributed by atoms with E-state index in [-0.39, 0.29) is 0 Å². The van der Waals surface area contributed by atoms with Gasteiger partial charge in [-0.15, -0.1) is 0 Å². The lowest BCUT2D eigenvalue weighted by Crippen LogP contribution is -2.53. The molecular weight excluding hydrogens is 262 g/mol. The summed E-state index contributed by atoms with van der Waals surface area (Å²) in [4.78, 5) is 14.4. The summed E-state index contributed by atoms with van der Waals surface area (Å²) in [6.45, 7) is 11.1. The zero-order valence-electron chi connectivity index (χ0n) is 14.3. The molecule has 2 rings (SSSR count). The van der Waals surface area contributed by atoms with E-state index in [0.717, 1.165) is 44.7 Å².